The highest BCUT2D eigenvalue weighted by molar-refractivity contribution is 5.76. The Balaban J connectivity index is 2.30. The van der Waals surface area contributed by atoms with Gasteiger partial charge >= 0.3 is 0 Å². The van der Waals surface area contributed by atoms with Crippen LogP contribution in [0.15, 0.2) is 0 Å². The molecular formula is C8H14N2O. The number of piperidine rings is 1. The summed E-state index contributed by atoms with van der Waals surface area (Å²) in [5, 5.41) is 0. The molecule has 1 heterocycles. The van der Waals surface area contributed by atoms with E-state index in [0.29, 0.717) is 6.54 Å². The maximum Gasteiger partial charge on any atom is 0.220 e. The molecule has 1 rings (SSSR count). The molecule has 11 heavy (non-hydrogen) atoms. The van der Waals surface area contributed by atoms with Crippen LogP contribution in [0.3, 0.4) is 0 Å². The molecule has 0 aromatic carbocycles. The highest BCUT2D eigenvalue weighted by Crippen LogP contribution is 2.15. The second-order valence-electron chi connectivity index (χ2n) is 2.98. The van der Waals surface area contributed by atoms with Crippen molar-refractivity contribution in [3.8, 4) is 0 Å². The lowest BCUT2D eigenvalue weighted by molar-refractivity contribution is -0.123. The average Bonchev–Trinajstić information content (AvgIpc) is 2.05. The first kappa shape index (κ1) is 8.53. The summed E-state index contributed by atoms with van der Waals surface area (Å²) in [6.07, 6.45) is 1.74. The fourth-order valence-corrected chi connectivity index (χ4v) is 1.40. The van der Waals surface area contributed by atoms with Crippen molar-refractivity contribution in [2.75, 3.05) is 19.6 Å². The highest BCUT2D eigenvalue weighted by atomic mass is 16.1. The van der Waals surface area contributed by atoms with Gasteiger partial charge in [0.25, 0.3) is 0 Å². The Kier molecular flexibility index (Phi) is 2.88. The van der Waals surface area contributed by atoms with Gasteiger partial charge in [-0.3, -0.25) is 4.79 Å². The molecule has 3 nitrogen and oxygen atoms in total. The SMILES string of the molecule is [CH]CN1CCC(C(N)=O)CC1. The summed E-state index contributed by atoms with van der Waals surface area (Å²) in [6, 6.07) is 0. The van der Waals surface area contributed by atoms with Crippen LogP contribution in [0.4, 0.5) is 0 Å². The number of amides is 1. The van der Waals surface area contributed by atoms with Gasteiger partial charge in [0.15, 0.2) is 0 Å². The molecule has 3 heteroatoms. The van der Waals surface area contributed by atoms with Gasteiger partial charge in [0.2, 0.25) is 5.91 Å². The van der Waals surface area contributed by atoms with Gasteiger partial charge in [0, 0.05) is 12.5 Å². The largest absolute Gasteiger partial charge is 0.369 e. The van der Waals surface area contributed by atoms with Gasteiger partial charge in [0.1, 0.15) is 0 Å². The molecule has 0 aliphatic carbocycles. The maximum absolute atomic E-state index is 10.7. The number of rotatable bonds is 2. The molecule has 0 unspecified atom stereocenters. The van der Waals surface area contributed by atoms with Crippen LogP contribution in [0.25, 0.3) is 0 Å². The van der Waals surface area contributed by atoms with E-state index in [1.165, 1.54) is 0 Å². The minimum atomic E-state index is -0.165. The lowest BCUT2D eigenvalue weighted by atomic mass is 9.96. The van der Waals surface area contributed by atoms with E-state index >= 15 is 0 Å². The van der Waals surface area contributed by atoms with E-state index in [1.54, 1.807) is 0 Å². The molecule has 2 radical (unpaired) electrons. The Morgan fingerprint density at radius 2 is 2.09 bits per heavy atom. The fourth-order valence-electron chi connectivity index (χ4n) is 1.40. The van der Waals surface area contributed by atoms with E-state index in [4.69, 9.17) is 12.7 Å². The van der Waals surface area contributed by atoms with E-state index in [9.17, 15) is 4.79 Å². The Hall–Kier alpha value is -0.570. The number of likely N-dealkylation sites (tertiary alicyclic amines) is 1. The van der Waals surface area contributed by atoms with Crippen LogP contribution in [0.5, 0.6) is 0 Å². The van der Waals surface area contributed by atoms with E-state index < -0.39 is 0 Å². The predicted octanol–water partition coefficient (Wildman–Crippen LogP) is -0.105. The molecule has 0 spiro atoms. The minimum absolute atomic E-state index is 0.0813. The number of hydrogen-bond acceptors (Lipinski definition) is 2. The van der Waals surface area contributed by atoms with Crippen LogP contribution < -0.4 is 5.73 Å². The molecule has 1 amide bonds. The first-order valence-corrected chi connectivity index (χ1v) is 3.95. The highest BCUT2D eigenvalue weighted by Gasteiger charge is 2.21. The zero-order valence-electron chi connectivity index (χ0n) is 6.62. The number of nitrogens with zero attached hydrogens (tertiary/aromatic N) is 1. The quantitative estimate of drug-likeness (QED) is 0.603. The third-order valence-corrected chi connectivity index (χ3v) is 2.25. The fraction of sp³-hybridized carbons (Fsp3) is 0.750. The number of hydrogen-bond donors (Lipinski definition) is 1. The van der Waals surface area contributed by atoms with Gasteiger partial charge < -0.3 is 10.6 Å². The summed E-state index contributed by atoms with van der Waals surface area (Å²) in [7, 11) is 0. The van der Waals surface area contributed by atoms with E-state index in [-0.39, 0.29) is 11.8 Å². The molecule has 62 valence electrons. The molecule has 0 saturated carbocycles. The summed E-state index contributed by atoms with van der Waals surface area (Å²) < 4.78 is 0. The van der Waals surface area contributed by atoms with E-state index in [2.05, 4.69) is 4.90 Å². The van der Waals surface area contributed by atoms with Gasteiger partial charge in [-0.2, -0.15) is 0 Å². The normalized spacial score (nSPS) is 21.9. The maximum atomic E-state index is 10.7. The Morgan fingerprint density at radius 1 is 1.55 bits per heavy atom. The lowest BCUT2D eigenvalue weighted by Gasteiger charge is -2.28. The van der Waals surface area contributed by atoms with Crippen LogP contribution >= 0.6 is 0 Å². The number of carbonyl (C=O) groups excluding carboxylic acids is 1. The average molecular weight is 154 g/mol. The number of nitrogens with two attached hydrogens (primary N) is 1. The zero-order valence-corrected chi connectivity index (χ0v) is 6.62. The Bertz CT molecular complexity index is 139. The third kappa shape index (κ3) is 2.19. The second kappa shape index (κ2) is 3.72. The molecule has 0 bridgehead atoms. The summed E-state index contributed by atoms with van der Waals surface area (Å²) >= 11 is 0. The summed E-state index contributed by atoms with van der Waals surface area (Å²) in [5.74, 6) is -0.0838. The topological polar surface area (TPSA) is 46.3 Å². The molecular weight excluding hydrogens is 140 g/mol. The number of carbonyl (C=O) groups is 1. The van der Waals surface area contributed by atoms with E-state index in [0.717, 1.165) is 25.9 Å². The standard InChI is InChI=1S/C8H14N2O/c1-2-10-5-3-7(4-6-10)8(9)11/h1,7H,2-6H2,(H2,9,11). The van der Waals surface area contributed by atoms with Crippen molar-refractivity contribution in [2.24, 2.45) is 11.7 Å². The summed E-state index contributed by atoms with van der Waals surface area (Å²) in [4.78, 5) is 12.8. The van der Waals surface area contributed by atoms with Crippen molar-refractivity contribution in [3.05, 3.63) is 6.92 Å². The molecule has 2 N–H and O–H groups in total. The van der Waals surface area contributed by atoms with Gasteiger partial charge in [-0.1, -0.05) is 0 Å². The Morgan fingerprint density at radius 3 is 2.45 bits per heavy atom. The molecule has 1 aliphatic heterocycles. The molecule has 0 aromatic heterocycles. The summed E-state index contributed by atoms with van der Waals surface area (Å²) in [6.45, 7) is 7.84. The first-order valence-electron chi connectivity index (χ1n) is 3.95. The van der Waals surface area contributed by atoms with Crippen molar-refractivity contribution in [1.29, 1.82) is 0 Å². The predicted molar refractivity (Wildman–Crippen MR) is 42.7 cm³/mol. The van der Waals surface area contributed by atoms with Gasteiger partial charge in [-0.25, -0.2) is 0 Å². The number of primary amides is 1. The zero-order chi connectivity index (χ0) is 8.27. The summed E-state index contributed by atoms with van der Waals surface area (Å²) in [5.41, 5.74) is 5.17. The smallest absolute Gasteiger partial charge is 0.220 e. The van der Waals surface area contributed by atoms with Crippen molar-refractivity contribution in [1.82, 2.24) is 4.90 Å². The van der Waals surface area contributed by atoms with Crippen LogP contribution in [0, 0.1) is 12.8 Å². The van der Waals surface area contributed by atoms with Crippen LogP contribution in [-0.2, 0) is 4.79 Å². The molecule has 1 aliphatic rings. The lowest BCUT2D eigenvalue weighted by Crippen LogP contribution is -2.38. The van der Waals surface area contributed by atoms with Crippen molar-refractivity contribution in [3.63, 3.8) is 0 Å². The van der Waals surface area contributed by atoms with Crippen molar-refractivity contribution < 1.29 is 4.79 Å². The Labute approximate surface area is 67.5 Å². The van der Waals surface area contributed by atoms with Crippen LogP contribution in [0.1, 0.15) is 12.8 Å². The van der Waals surface area contributed by atoms with E-state index in [1.807, 2.05) is 0 Å². The molecule has 1 fully saturated rings. The van der Waals surface area contributed by atoms with Crippen LogP contribution in [-0.4, -0.2) is 30.4 Å². The first-order chi connectivity index (χ1) is 5.24. The molecule has 1 saturated heterocycles. The van der Waals surface area contributed by atoms with Gasteiger partial charge in [0.05, 0.1) is 0 Å². The minimum Gasteiger partial charge on any atom is -0.369 e. The third-order valence-electron chi connectivity index (χ3n) is 2.25. The van der Waals surface area contributed by atoms with Crippen molar-refractivity contribution in [2.45, 2.75) is 12.8 Å². The molecule has 0 atom stereocenters. The van der Waals surface area contributed by atoms with Crippen LogP contribution in [0.2, 0.25) is 0 Å². The van der Waals surface area contributed by atoms with Gasteiger partial charge in [-0.05, 0) is 32.9 Å². The monoisotopic (exact) mass is 154 g/mol. The van der Waals surface area contributed by atoms with Crippen molar-refractivity contribution >= 4 is 5.91 Å². The van der Waals surface area contributed by atoms with Gasteiger partial charge in [-0.15, -0.1) is 0 Å². The second-order valence-corrected chi connectivity index (χ2v) is 2.98. The molecule has 0 aromatic rings.